The quantitative estimate of drug-likeness (QED) is 0.379. The highest BCUT2D eigenvalue weighted by molar-refractivity contribution is 5.30. The van der Waals surface area contributed by atoms with Crippen LogP contribution < -0.4 is 0 Å². The predicted molar refractivity (Wildman–Crippen MR) is 140 cm³/mol. The highest BCUT2D eigenvalue weighted by atomic mass is 16.4. The molecule has 10 unspecified atom stereocenters. The third kappa shape index (κ3) is 3.81. The number of aromatic amines is 1. The molecule has 0 aliphatic heterocycles. The van der Waals surface area contributed by atoms with Crippen molar-refractivity contribution in [3.63, 3.8) is 0 Å². The van der Waals surface area contributed by atoms with Crippen molar-refractivity contribution < 1.29 is 4.42 Å². The van der Waals surface area contributed by atoms with Crippen LogP contribution in [0.15, 0.2) is 28.2 Å². The summed E-state index contributed by atoms with van der Waals surface area (Å²) in [5, 5.41) is 18.4. The van der Waals surface area contributed by atoms with Gasteiger partial charge in [0.2, 0.25) is 11.8 Å². The van der Waals surface area contributed by atoms with E-state index in [4.69, 9.17) is 4.42 Å². The lowest BCUT2D eigenvalue weighted by molar-refractivity contribution is 0.254. The van der Waals surface area contributed by atoms with E-state index in [1.54, 1.807) is 5.57 Å². The van der Waals surface area contributed by atoms with Crippen LogP contribution in [0.5, 0.6) is 0 Å². The van der Waals surface area contributed by atoms with Gasteiger partial charge in [-0.25, -0.2) is 0 Å². The maximum absolute atomic E-state index is 6.44. The monoisotopic (exact) mass is 489 g/mol. The third-order valence-electron chi connectivity index (χ3n) is 10.3. The van der Waals surface area contributed by atoms with E-state index in [2.05, 4.69) is 85.1 Å². The molecule has 0 saturated heterocycles. The molecule has 1 N–H and O–H groups in total. The summed E-state index contributed by atoms with van der Waals surface area (Å²) >= 11 is 0. The van der Waals surface area contributed by atoms with Gasteiger partial charge < -0.3 is 9.40 Å². The average molecular weight is 490 g/mol. The lowest BCUT2D eigenvalue weighted by atomic mass is 9.76. The fraction of sp³-hybridized carbons (Fsp3) is 0.733. The molecule has 2 fully saturated rings. The summed E-state index contributed by atoms with van der Waals surface area (Å²) in [5.74, 6) is 9.64. The molecule has 2 saturated carbocycles. The first kappa shape index (κ1) is 24.1. The van der Waals surface area contributed by atoms with Gasteiger partial charge in [0.15, 0.2) is 0 Å². The Morgan fingerprint density at radius 2 is 1.72 bits per heavy atom. The number of nitrogens with one attached hydrogen (secondary N) is 1. The summed E-state index contributed by atoms with van der Waals surface area (Å²) in [6, 6.07) is 0. The summed E-state index contributed by atoms with van der Waals surface area (Å²) in [4.78, 5) is 3.63. The van der Waals surface area contributed by atoms with E-state index in [-0.39, 0.29) is 5.92 Å². The van der Waals surface area contributed by atoms with Crippen molar-refractivity contribution in [2.45, 2.75) is 97.3 Å². The Morgan fingerprint density at radius 1 is 0.917 bits per heavy atom. The molecule has 0 amide bonds. The number of allylic oxidation sites excluding steroid dienone is 4. The highest BCUT2D eigenvalue weighted by Crippen LogP contribution is 2.58. The van der Waals surface area contributed by atoms with Crippen molar-refractivity contribution in [1.82, 2.24) is 25.4 Å². The minimum atomic E-state index is 0.231. The number of nitrogens with zero attached hydrogens (tertiary/aromatic N) is 4. The van der Waals surface area contributed by atoms with Gasteiger partial charge >= 0.3 is 0 Å². The molecule has 0 spiro atoms. The standard InChI is InChI=1S/C30H43N5O/c1-7-16(5)27-31-28(33-32-27)26-22(8-2)21-13-20(23(26)14-21)11-17(6)29-34-35-30(36-29)25-19-10-9-18(12-19)24(25)15(3)4/h9-10,13,15-19,21-26H,7-8,11-12,14H2,1-6H3,(H,31,32,33). The summed E-state index contributed by atoms with van der Waals surface area (Å²) in [6.07, 6.45) is 13.1. The van der Waals surface area contributed by atoms with Gasteiger partial charge in [-0.05, 0) is 67.1 Å². The van der Waals surface area contributed by atoms with E-state index in [9.17, 15) is 0 Å². The third-order valence-corrected chi connectivity index (χ3v) is 10.3. The van der Waals surface area contributed by atoms with Crippen molar-refractivity contribution in [2.24, 2.45) is 41.4 Å². The van der Waals surface area contributed by atoms with Gasteiger partial charge in [-0.1, -0.05) is 71.8 Å². The fourth-order valence-electron chi connectivity index (χ4n) is 8.31. The number of hydrogen-bond acceptors (Lipinski definition) is 5. The normalized spacial score (nSPS) is 36.2. The van der Waals surface area contributed by atoms with Crippen LogP contribution in [0.1, 0.15) is 121 Å². The number of rotatable bonds is 9. The largest absolute Gasteiger partial charge is 0.425 e. The molecule has 2 aromatic rings. The second-order valence-electron chi connectivity index (χ2n) is 12.6. The first-order valence-corrected chi connectivity index (χ1v) is 14.5. The number of hydrogen-bond donors (Lipinski definition) is 1. The van der Waals surface area contributed by atoms with E-state index < -0.39 is 0 Å². The minimum absolute atomic E-state index is 0.231. The molecule has 0 radical (unpaired) electrons. The molecule has 2 aromatic heterocycles. The lowest BCUT2D eigenvalue weighted by Gasteiger charge is -2.29. The average Bonchev–Trinajstić information content (AvgIpc) is 3.70. The minimum Gasteiger partial charge on any atom is -0.425 e. The van der Waals surface area contributed by atoms with Gasteiger partial charge in [0, 0.05) is 23.7 Å². The fourth-order valence-corrected chi connectivity index (χ4v) is 8.31. The maximum atomic E-state index is 6.44. The SMILES string of the molecule is CCC(C)c1nnc(C2C3CC(C=C3CC(C)c3nnc(C4C5C=CC(C5)C4C(C)C)o3)C2CC)[nH]1. The smallest absolute Gasteiger partial charge is 0.220 e. The summed E-state index contributed by atoms with van der Waals surface area (Å²) in [6.45, 7) is 13.7. The van der Waals surface area contributed by atoms with Crippen LogP contribution in [0.2, 0.25) is 0 Å². The van der Waals surface area contributed by atoms with Crippen LogP contribution in [0.4, 0.5) is 0 Å². The highest BCUT2D eigenvalue weighted by Gasteiger charge is 2.50. The van der Waals surface area contributed by atoms with Crippen LogP contribution in [0.25, 0.3) is 0 Å². The lowest BCUT2D eigenvalue weighted by Crippen LogP contribution is -2.23. The van der Waals surface area contributed by atoms with Crippen molar-refractivity contribution in [2.75, 3.05) is 0 Å². The number of H-pyrrole nitrogens is 1. The Kier molecular flexibility index (Phi) is 6.20. The first-order chi connectivity index (χ1) is 17.4. The number of aromatic nitrogens is 5. The molecular formula is C30H43N5O. The van der Waals surface area contributed by atoms with Crippen molar-refractivity contribution in [3.8, 4) is 0 Å². The predicted octanol–water partition coefficient (Wildman–Crippen LogP) is 7.14. The van der Waals surface area contributed by atoms with Crippen molar-refractivity contribution >= 4 is 0 Å². The molecule has 4 aliphatic rings. The Balaban J connectivity index is 1.18. The van der Waals surface area contributed by atoms with E-state index in [0.29, 0.717) is 59.2 Å². The molecule has 6 heteroatoms. The van der Waals surface area contributed by atoms with Crippen LogP contribution in [0.3, 0.4) is 0 Å². The van der Waals surface area contributed by atoms with E-state index >= 15 is 0 Å². The zero-order chi connectivity index (χ0) is 25.1. The molecule has 6 rings (SSSR count). The van der Waals surface area contributed by atoms with E-state index in [1.807, 2.05) is 0 Å². The van der Waals surface area contributed by atoms with Crippen LogP contribution >= 0.6 is 0 Å². The van der Waals surface area contributed by atoms with Gasteiger partial charge in [0.1, 0.15) is 11.6 Å². The van der Waals surface area contributed by atoms with Gasteiger partial charge in [-0.15, -0.1) is 20.4 Å². The Morgan fingerprint density at radius 3 is 2.47 bits per heavy atom. The summed E-state index contributed by atoms with van der Waals surface area (Å²) in [5.41, 5.74) is 1.56. The van der Waals surface area contributed by atoms with Crippen LogP contribution in [0, 0.1) is 41.4 Å². The molecule has 4 bridgehead atoms. The van der Waals surface area contributed by atoms with E-state index in [0.717, 1.165) is 36.3 Å². The molecular weight excluding hydrogens is 446 g/mol. The van der Waals surface area contributed by atoms with E-state index in [1.165, 1.54) is 19.3 Å². The van der Waals surface area contributed by atoms with Gasteiger partial charge in [0.25, 0.3) is 0 Å². The van der Waals surface area contributed by atoms with Crippen LogP contribution in [-0.4, -0.2) is 25.4 Å². The molecule has 4 aliphatic carbocycles. The maximum Gasteiger partial charge on any atom is 0.220 e. The molecule has 0 aromatic carbocycles. The van der Waals surface area contributed by atoms with Gasteiger partial charge in [-0.3, -0.25) is 0 Å². The van der Waals surface area contributed by atoms with Crippen molar-refractivity contribution in [1.29, 1.82) is 0 Å². The number of fused-ring (bicyclic) bond motifs is 4. The van der Waals surface area contributed by atoms with Crippen molar-refractivity contribution in [3.05, 3.63) is 47.2 Å². The molecule has 10 atom stereocenters. The first-order valence-electron chi connectivity index (χ1n) is 14.5. The van der Waals surface area contributed by atoms with Gasteiger partial charge in [0.05, 0.1) is 0 Å². The van der Waals surface area contributed by atoms with Crippen LogP contribution in [-0.2, 0) is 0 Å². The zero-order valence-corrected chi connectivity index (χ0v) is 22.8. The summed E-state index contributed by atoms with van der Waals surface area (Å²) in [7, 11) is 0. The zero-order valence-electron chi connectivity index (χ0n) is 22.8. The molecule has 6 nitrogen and oxygen atoms in total. The second-order valence-corrected chi connectivity index (χ2v) is 12.6. The molecule has 2 heterocycles. The Bertz CT molecular complexity index is 1140. The Hall–Kier alpha value is -2.24. The summed E-state index contributed by atoms with van der Waals surface area (Å²) < 4.78 is 6.44. The topological polar surface area (TPSA) is 80.5 Å². The molecule has 194 valence electrons. The second kappa shape index (κ2) is 9.25. The van der Waals surface area contributed by atoms with Gasteiger partial charge in [-0.2, -0.15) is 0 Å². The Labute approximate surface area is 215 Å². The molecule has 36 heavy (non-hydrogen) atoms.